The molecule has 1 unspecified atom stereocenters. The minimum absolute atomic E-state index is 0.00940. The average molecular weight is 550 g/mol. The summed E-state index contributed by atoms with van der Waals surface area (Å²) in [7, 11) is 0. The molecule has 0 bridgehead atoms. The molecule has 2 rings (SSSR count). The van der Waals surface area contributed by atoms with Gasteiger partial charge in [-0.1, -0.05) is 98.7 Å². The summed E-state index contributed by atoms with van der Waals surface area (Å²) in [5.74, 6) is 0.867. The summed E-state index contributed by atoms with van der Waals surface area (Å²) >= 11 is 0. The van der Waals surface area contributed by atoms with Crippen LogP contribution in [0.15, 0.2) is 48.5 Å². The van der Waals surface area contributed by atoms with E-state index in [-0.39, 0.29) is 36.0 Å². The van der Waals surface area contributed by atoms with Crippen molar-refractivity contribution in [3.05, 3.63) is 54.1 Å². The van der Waals surface area contributed by atoms with Gasteiger partial charge in [0.25, 0.3) is 0 Å². The summed E-state index contributed by atoms with van der Waals surface area (Å²) in [6, 6.07) is 15.6. The van der Waals surface area contributed by atoms with Gasteiger partial charge in [-0.15, -0.1) is 0 Å². The van der Waals surface area contributed by atoms with E-state index >= 15 is 0 Å². The molecule has 0 N–H and O–H groups in total. The predicted molar refractivity (Wildman–Crippen MR) is 165 cm³/mol. The molecule has 0 saturated carbocycles. The van der Waals surface area contributed by atoms with Crippen LogP contribution in [0.3, 0.4) is 0 Å². The van der Waals surface area contributed by atoms with E-state index in [1.54, 1.807) is 0 Å². The van der Waals surface area contributed by atoms with Crippen molar-refractivity contribution < 1.29 is 19.1 Å². The molecule has 0 aliphatic heterocycles. The molecular weight excluding hydrogens is 498 g/mol. The van der Waals surface area contributed by atoms with Crippen molar-refractivity contribution in [2.45, 2.75) is 101 Å². The molecule has 0 heterocycles. The van der Waals surface area contributed by atoms with E-state index in [4.69, 9.17) is 4.74 Å². The van der Waals surface area contributed by atoms with E-state index in [0.717, 1.165) is 22.4 Å². The molecule has 1 atom stereocenters. The molecule has 40 heavy (non-hydrogen) atoms. The molecule has 0 aromatic heterocycles. The van der Waals surface area contributed by atoms with Gasteiger partial charge in [0, 0.05) is 16.2 Å². The third kappa shape index (κ3) is 9.99. The van der Waals surface area contributed by atoms with E-state index < -0.39 is 22.3 Å². The summed E-state index contributed by atoms with van der Waals surface area (Å²) in [5.41, 5.74) is 1.08. The SMILES string of the molecule is CC(C)(C)Oc1ccc(-c2ccc(CC(C(=O)C(C)(C)C)N(CC(=O)C(C)(C)C)CC(=O)C(C)(C)C)cc2)cc1. The zero-order chi connectivity index (χ0) is 30.7. The first-order valence-electron chi connectivity index (χ1n) is 14.3. The summed E-state index contributed by atoms with van der Waals surface area (Å²) < 4.78 is 5.94. The van der Waals surface area contributed by atoms with Crippen molar-refractivity contribution in [2.24, 2.45) is 16.2 Å². The normalized spacial score (nSPS) is 13.7. The van der Waals surface area contributed by atoms with Gasteiger partial charge in [0.05, 0.1) is 19.1 Å². The van der Waals surface area contributed by atoms with Gasteiger partial charge in [0.15, 0.2) is 17.3 Å². The lowest BCUT2D eigenvalue weighted by Crippen LogP contribution is -2.53. The van der Waals surface area contributed by atoms with Gasteiger partial charge in [-0.05, 0) is 56.0 Å². The van der Waals surface area contributed by atoms with E-state index in [2.05, 4.69) is 12.1 Å². The second kappa shape index (κ2) is 12.4. The highest BCUT2D eigenvalue weighted by molar-refractivity contribution is 5.93. The number of Topliss-reactive ketones (excluding diaryl/α,β-unsaturated/α-hetero) is 3. The van der Waals surface area contributed by atoms with E-state index in [9.17, 15) is 14.4 Å². The van der Waals surface area contributed by atoms with Gasteiger partial charge in [-0.3, -0.25) is 19.3 Å². The molecule has 0 saturated heterocycles. The number of ketones is 3. The van der Waals surface area contributed by atoms with Crippen LogP contribution in [-0.2, 0) is 20.8 Å². The van der Waals surface area contributed by atoms with E-state index in [0.29, 0.717) is 6.42 Å². The van der Waals surface area contributed by atoms with Crippen molar-refractivity contribution in [3.63, 3.8) is 0 Å². The van der Waals surface area contributed by atoms with Gasteiger partial charge in [0.2, 0.25) is 0 Å². The minimum atomic E-state index is -0.630. The summed E-state index contributed by atoms with van der Waals surface area (Å²) in [6.07, 6.45) is 0.420. The maximum atomic E-state index is 13.8. The predicted octanol–water partition coefficient (Wildman–Crippen LogP) is 7.59. The molecule has 5 nitrogen and oxygen atoms in total. The van der Waals surface area contributed by atoms with E-state index in [1.807, 2.05) is 124 Å². The maximum Gasteiger partial charge on any atom is 0.155 e. The number of hydrogen-bond donors (Lipinski definition) is 0. The number of carbonyl (C=O) groups excluding carboxylic acids is 3. The molecule has 0 aliphatic rings. The van der Waals surface area contributed by atoms with Crippen molar-refractivity contribution in [1.82, 2.24) is 4.90 Å². The molecule has 220 valence electrons. The first-order valence-corrected chi connectivity index (χ1v) is 14.3. The zero-order valence-electron chi connectivity index (χ0n) is 26.9. The van der Waals surface area contributed by atoms with Crippen LogP contribution in [-0.4, -0.2) is 47.0 Å². The van der Waals surface area contributed by atoms with Crippen LogP contribution in [0.25, 0.3) is 11.1 Å². The Balaban J connectivity index is 2.40. The molecule has 5 heteroatoms. The lowest BCUT2D eigenvalue weighted by Gasteiger charge is -2.36. The van der Waals surface area contributed by atoms with Gasteiger partial charge in [0.1, 0.15) is 11.4 Å². The Morgan fingerprint density at radius 3 is 1.38 bits per heavy atom. The van der Waals surface area contributed by atoms with Crippen molar-refractivity contribution in [3.8, 4) is 16.9 Å². The minimum Gasteiger partial charge on any atom is -0.488 e. The smallest absolute Gasteiger partial charge is 0.155 e. The summed E-state index contributed by atoms with van der Waals surface area (Å²) in [6.45, 7) is 23.1. The average Bonchev–Trinajstić information content (AvgIpc) is 2.79. The topological polar surface area (TPSA) is 63.7 Å². The second-order valence-electron chi connectivity index (χ2n) is 15.0. The van der Waals surface area contributed by atoms with Crippen molar-refractivity contribution in [1.29, 1.82) is 0 Å². The Bertz CT molecular complexity index is 1140. The number of benzene rings is 2. The van der Waals surface area contributed by atoms with Crippen molar-refractivity contribution in [2.75, 3.05) is 13.1 Å². The molecule has 0 fully saturated rings. The summed E-state index contributed by atoms with van der Waals surface area (Å²) in [4.78, 5) is 42.0. The van der Waals surface area contributed by atoms with Crippen molar-refractivity contribution >= 4 is 17.3 Å². The monoisotopic (exact) mass is 549 g/mol. The number of rotatable bonds is 10. The maximum absolute atomic E-state index is 13.8. The number of hydrogen-bond acceptors (Lipinski definition) is 5. The molecule has 2 aromatic carbocycles. The molecule has 0 spiro atoms. The molecular formula is C35H51NO4. The quantitative estimate of drug-likeness (QED) is 0.305. The highest BCUT2D eigenvalue weighted by Gasteiger charge is 2.38. The highest BCUT2D eigenvalue weighted by atomic mass is 16.5. The van der Waals surface area contributed by atoms with Crippen LogP contribution in [0.1, 0.15) is 88.6 Å². The van der Waals surface area contributed by atoms with E-state index in [1.165, 1.54) is 0 Å². The largest absolute Gasteiger partial charge is 0.488 e. The lowest BCUT2D eigenvalue weighted by molar-refractivity contribution is -0.137. The number of ether oxygens (including phenoxy) is 1. The number of carbonyl (C=O) groups is 3. The van der Waals surface area contributed by atoms with Crippen LogP contribution < -0.4 is 4.74 Å². The Morgan fingerprint density at radius 1 is 0.625 bits per heavy atom. The van der Waals surface area contributed by atoms with Gasteiger partial charge < -0.3 is 4.74 Å². The fraction of sp³-hybridized carbons (Fsp3) is 0.571. The van der Waals surface area contributed by atoms with Crippen LogP contribution in [0, 0.1) is 16.2 Å². The third-order valence-corrected chi connectivity index (χ3v) is 6.84. The van der Waals surface area contributed by atoms with Crippen LogP contribution in [0.5, 0.6) is 5.75 Å². The Labute approximate surface area is 242 Å². The summed E-state index contributed by atoms with van der Waals surface area (Å²) in [5, 5.41) is 0. The van der Waals surface area contributed by atoms with Gasteiger partial charge >= 0.3 is 0 Å². The molecule has 0 radical (unpaired) electrons. The Morgan fingerprint density at radius 2 is 1.02 bits per heavy atom. The first-order chi connectivity index (χ1) is 18.1. The lowest BCUT2D eigenvalue weighted by atomic mass is 9.82. The zero-order valence-corrected chi connectivity index (χ0v) is 26.9. The molecule has 2 aromatic rings. The van der Waals surface area contributed by atoms with Gasteiger partial charge in [-0.2, -0.15) is 0 Å². The van der Waals surface area contributed by atoms with Crippen LogP contribution in [0.4, 0.5) is 0 Å². The highest BCUT2D eigenvalue weighted by Crippen LogP contribution is 2.28. The van der Waals surface area contributed by atoms with Crippen LogP contribution >= 0.6 is 0 Å². The second-order valence-corrected chi connectivity index (χ2v) is 15.0. The number of nitrogens with zero attached hydrogens (tertiary/aromatic N) is 1. The molecule has 0 amide bonds. The van der Waals surface area contributed by atoms with Crippen LogP contribution in [0.2, 0.25) is 0 Å². The van der Waals surface area contributed by atoms with Gasteiger partial charge in [-0.25, -0.2) is 0 Å². The third-order valence-electron chi connectivity index (χ3n) is 6.84. The molecule has 0 aliphatic carbocycles. The fourth-order valence-electron chi connectivity index (χ4n) is 4.13. The standard InChI is InChI=1S/C35H51NO4/c1-32(2,3)29(37)22-36(23-30(38)33(4,5)6)28(31(39)34(7,8)9)21-24-13-15-25(16-14-24)26-17-19-27(20-18-26)40-35(10,11)12/h13-20,28H,21-23H2,1-12H3. The Hall–Kier alpha value is -2.79. The fourth-order valence-corrected chi connectivity index (χ4v) is 4.13. The Kier molecular flexibility index (Phi) is 10.3. The first kappa shape index (κ1) is 33.4.